The topological polar surface area (TPSA) is 127 Å². The van der Waals surface area contributed by atoms with E-state index in [0.29, 0.717) is 30.9 Å². The molecule has 0 aromatic heterocycles. The Hall–Kier alpha value is -2.94. The molecule has 1 aliphatic rings. The summed E-state index contributed by atoms with van der Waals surface area (Å²) < 4.78 is 6.17. The van der Waals surface area contributed by atoms with Gasteiger partial charge in [-0.3, -0.25) is 15.6 Å². The molecule has 0 bridgehead atoms. The number of rotatable bonds is 11. The minimum Gasteiger partial charge on any atom is -0.490 e. The lowest BCUT2D eigenvalue weighted by atomic mass is 10.1. The van der Waals surface area contributed by atoms with Crippen LogP contribution in [0.5, 0.6) is 5.75 Å². The van der Waals surface area contributed by atoms with Crippen molar-refractivity contribution in [3.8, 4) is 5.75 Å². The van der Waals surface area contributed by atoms with Crippen LogP contribution < -0.4 is 15.4 Å². The number of nitrogen functional groups attached to an aromatic ring is 1. The standard InChI is InChI=1S/C27H35N5O3.3ClH/c1-20(28)31-17-13-25(14-18-31)35-24-11-9-23(10-12-24)32(16-4-8-26(33)34)15-3-6-21-5-2-7-22(19-21)27(29)30;;;/h2-3,5-7,9-12,19,25,28H,4,8,13-18H2,1H3,(H3,29,30)(H,33,34);3*1H/b6-3+,28-20?;;;. The van der Waals surface area contributed by atoms with Gasteiger partial charge < -0.3 is 25.4 Å². The average Bonchev–Trinajstić information content (AvgIpc) is 2.84. The van der Waals surface area contributed by atoms with Crippen molar-refractivity contribution in [2.75, 3.05) is 31.1 Å². The Kier molecular flexibility index (Phi) is 16.2. The van der Waals surface area contributed by atoms with E-state index in [0.717, 1.165) is 42.9 Å². The van der Waals surface area contributed by atoms with Crippen LogP contribution in [0.25, 0.3) is 6.08 Å². The predicted octanol–water partition coefficient (Wildman–Crippen LogP) is 5.46. The second-order valence-electron chi connectivity index (χ2n) is 8.77. The number of nitrogens with two attached hydrogens (primary N) is 1. The zero-order valence-corrected chi connectivity index (χ0v) is 23.9. The number of piperidine rings is 1. The van der Waals surface area contributed by atoms with Crippen molar-refractivity contribution in [2.45, 2.75) is 38.7 Å². The molecular formula is C27H38Cl3N5O3. The molecule has 0 spiro atoms. The summed E-state index contributed by atoms with van der Waals surface area (Å²) in [6, 6.07) is 15.5. The van der Waals surface area contributed by atoms with Gasteiger partial charge in [0.05, 0.1) is 5.84 Å². The molecular weight excluding hydrogens is 549 g/mol. The molecule has 38 heavy (non-hydrogen) atoms. The first-order valence-electron chi connectivity index (χ1n) is 12.0. The zero-order valence-electron chi connectivity index (χ0n) is 21.5. The number of carboxylic acid groups (broad SMARTS) is 1. The van der Waals surface area contributed by atoms with Crippen LogP contribution in [0.15, 0.2) is 54.6 Å². The van der Waals surface area contributed by atoms with Gasteiger partial charge in [0.25, 0.3) is 0 Å². The third kappa shape index (κ3) is 11.2. The number of nitrogens with one attached hydrogen (secondary N) is 2. The predicted molar refractivity (Wildman–Crippen MR) is 162 cm³/mol. The summed E-state index contributed by atoms with van der Waals surface area (Å²) in [4.78, 5) is 15.2. The third-order valence-corrected chi connectivity index (χ3v) is 6.07. The molecule has 210 valence electrons. The van der Waals surface area contributed by atoms with Crippen molar-refractivity contribution in [1.29, 1.82) is 10.8 Å². The zero-order chi connectivity index (χ0) is 25.2. The van der Waals surface area contributed by atoms with Gasteiger partial charge >= 0.3 is 5.97 Å². The SMILES string of the molecule is CC(=N)N1CCC(Oc2ccc(N(C/C=C/c3cccc(C(=N)N)c3)CCCC(=O)O)cc2)CC1.Cl.Cl.Cl. The van der Waals surface area contributed by atoms with E-state index in [-0.39, 0.29) is 55.6 Å². The van der Waals surface area contributed by atoms with Crippen molar-refractivity contribution in [3.63, 3.8) is 0 Å². The van der Waals surface area contributed by atoms with Gasteiger partial charge in [-0.05, 0) is 49.2 Å². The number of anilines is 1. The van der Waals surface area contributed by atoms with Crippen molar-refractivity contribution in [2.24, 2.45) is 5.73 Å². The highest BCUT2D eigenvalue weighted by Crippen LogP contribution is 2.23. The van der Waals surface area contributed by atoms with Crippen LogP contribution in [0.1, 0.15) is 43.7 Å². The lowest BCUT2D eigenvalue weighted by molar-refractivity contribution is -0.137. The summed E-state index contributed by atoms with van der Waals surface area (Å²) in [5, 5.41) is 24.4. The molecule has 1 saturated heterocycles. The van der Waals surface area contributed by atoms with E-state index in [9.17, 15) is 4.79 Å². The molecule has 0 amide bonds. The summed E-state index contributed by atoms with van der Waals surface area (Å²) in [5.41, 5.74) is 8.22. The number of nitrogens with zero attached hydrogens (tertiary/aromatic N) is 2. The van der Waals surface area contributed by atoms with Gasteiger partial charge in [-0.25, -0.2) is 0 Å². The van der Waals surface area contributed by atoms with Gasteiger partial charge in [-0.2, -0.15) is 0 Å². The van der Waals surface area contributed by atoms with Crippen LogP contribution >= 0.6 is 37.2 Å². The fourth-order valence-electron chi connectivity index (χ4n) is 4.11. The number of carbonyl (C=O) groups is 1. The average molecular weight is 587 g/mol. The highest BCUT2D eigenvalue weighted by atomic mass is 35.5. The number of hydrogen-bond acceptors (Lipinski definition) is 5. The van der Waals surface area contributed by atoms with Crippen LogP contribution in [0.4, 0.5) is 5.69 Å². The highest BCUT2D eigenvalue weighted by Gasteiger charge is 2.20. The van der Waals surface area contributed by atoms with Gasteiger partial charge in [0, 0.05) is 56.7 Å². The number of amidine groups is 2. The minimum atomic E-state index is -0.797. The van der Waals surface area contributed by atoms with Crippen molar-refractivity contribution in [3.05, 3.63) is 65.7 Å². The smallest absolute Gasteiger partial charge is 0.303 e. The van der Waals surface area contributed by atoms with E-state index >= 15 is 0 Å². The molecule has 2 aromatic carbocycles. The second-order valence-corrected chi connectivity index (χ2v) is 8.77. The number of benzene rings is 2. The summed E-state index contributed by atoms with van der Waals surface area (Å²) >= 11 is 0. The normalized spacial score (nSPS) is 13.0. The van der Waals surface area contributed by atoms with Crippen LogP contribution in [0, 0.1) is 10.8 Å². The van der Waals surface area contributed by atoms with Gasteiger partial charge in [0.15, 0.2) is 0 Å². The lowest BCUT2D eigenvalue weighted by Crippen LogP contribution is -2.40. The van der Waals surface area contributed by atoms with E-state index in [2.05, 4.69) is 9.80 Å². The Bertz CT molecular complexity index is 1060. The van der Waals surface area contributed by atoms with Gasteiger partial charge in [-0.1, -0.05) is 30.4 Å². The maximum absolute atomic E-state index is 11.0. The largest absolute Gasteiger partial charge is 0.490 e. The molecule has 0 radical (unpaired) electrons. The van der Waals surface area contributed by atoms with E-state index in [4.69, 9.17) is 26.4 Å². The number of ether oxygens (including phenoxy) is 1. The van der Waals surface area contributed by atoms with Crippen LogP contribution in [0.2, 0.25) is 0 Å². The molecule has 3 rings (SSSR count). The number of hydrogen-bond donors (Lipinski definition) is 4. The molecule has 5 N–H and O–H groups in total. The molecule has 0 unspecified atom stereocenters. The Morgan fingerprint density at radius 3 is 2.37 bits per heavy atom. The number of likely N-dealkylation sites (tertiary alicyclic amines) is 1. The Morgan fingerprint density at radius 1 is 1.13 bits per heavy atom. The minimum absolute atomic E-state index is 0. The molecule has 0 atom stereocenters. The summed E-state index contributed by atoms with van der Waals surface area (Å²) in [7, 11) is 0. The van der Waals surface area contributed by atoms with E-state index in [1.807, 2.05) is 61.5 Å². The monoisotopic (exact) mass is 585 g/mol. The number of halogens is 3. The van der Waals surface area contributed by atoms with Crippen molar-refractivity contribution < 1.29 is 14.6 Å². The first-order chi connectivity index (χ1) is 16.8. The van der Waals surface area contributed by atoms with Gasteiger partial charge in [-0.15, -0.1) is 37.2 Å². The Balaban J connectivity index is 0.00000456. The van der Waals surface area contributed by atoms with Gasteiger partial charge in [0.2, 0.25) is 0 Å². The fourth-order valence-corrected chi connectivity index (χ4v) is 4.11. The first-order valence-corrected chi connectivity index (χ1v) is 12.0. The number of aliphatic carboxylic acids is 1. The van der Waals surface area contributed by atoms with E-state index < -0.39 is 5.97 Å². The Labute approximate surface area is 243 Å². The summed E-state index contributed by atoms with van der Waals surface area (Å²) in [5.74, 6) is 0.667. The highest BCUT2D eigenvalue weighted by molar-refractivity contribution is 5.95. The summed E-state index contributed by atoms with van der Waals surface area (Å²) in [6.45, 7) is 4.74. The lowest BCUT2D eigenvalue weighted by Gasteiger charge is -2.33. The fraction of sp³-hybridized carbons (Fsp3) is 0.370. The van der Waals surface area contributed by atoms with E-state index in [1.54, 1.807) is 6.07 Å². The first kappa shape index (κ1) is 35.1. The number of carboxylic acids is 1. The molecule has 0 saturated carbocycles. The summed E-state index contributed by atoms with van der Waals surface area (Å²) in [6.07, 6.45) is 6.63. The van der Waals surface area contributed by atoms with Gasteiger partial charge in [0.1, 0.15) is 17.7 Å². The van der Waals surface area contributed by atoms with Crippen molar-refractivity contribution in [1.82, 2.24) is 4.90 Å². The van der Waals surface area contributed by atoms with Crippen LogP contribution in [0.3, 0.4) is 0 Å². The van der Waals surface area contributed by atoms with Crippen LogP contribution in [-0.2, 0) is 4.79 Å². The molecule has 1 fully saturated rings. The Morgan fingerprint density at radius 2 is 1.79 bits per heavy atom. The van der Waals surface area contributed by atoms with E-state index in [1.165, 1.54) is 0 Å². The molecule has 0 aliphatic carbocycles. The third-order valence-electron chi connectivity index (χ3n) is 6.07. The molecule has 1 heterocycles. The molecule has 11 heteroatoms. The maximum Gasteiger partial charge on any atom is 0.303 e. The quantitative estimate of drug-likeness (QED) is 0.205. The van der Waals surface area contributed by atoms with Crippen LogP contribution in [-0.4, -0.2) is 59.9 Å². The van der Waals surface area contributed by atoms with Crippen molar-refractivity contribution >= 4 is 66.6 Å². The second kappa shape index (κ2) is 17.5. The molecule has 1 aliphatic heterocycles. The maximum atomic E-state index is 11.0. The molecule has 2 aromatic rings. The molecule has 8 nitrogen and oxygen atoms in total.